The number of H-pyrrole nitrogens is 1. The van der Waals surface area contributed by atoms with Gasteiger partial charge in [0, 0.05) is 17.7 Å². The van der Waals surface area contributed by atoms with Gasteiger partial charge in [0.15, 0.2) is 11.5 Å². The molecule has 0 saturated heterocycles. The average Bonchev–Trinajstić information content (AvgIpc) is 3.44. The molecule has 7 heteroatoms. The van der Waals surface area contributed by atoms with Crippen LogP contribution in [0.5, 0.6) is 17.2 Å². The van der Waals surface area contributed by atoms with Crippen LogP contribution in [0.25, 0.3) is 11.3 Å². The van der Waals surface area contributed by atoms with Gasteiger partial charge in [-0.3, -0.25) is 9.89 Å². The van der Waals surface area contributed by atoms with Crippen molar-refractivity contribution in [1.29, 1.82) is 0 Å². The van der Waals surface area contributed by atoms with Crippen LogP contribution in [0, 0.1) is 6.92 Å². The Morgan fingerprint density at radius 2 is 1.60 bits per heavy atom. The van der Waals surface area contributed by atoms with Gasteiger partial charge in [-0.15, -0.1) is 0 Å². The van der Waals surface area contributed by atoms with Crippen LogP contribution in [0.1, 0.15) is 38.8 Å². The van der Waals surface area contributed by atoms with E-state index in [9.17, 15) is 4.79 Å². The Labute approximate surface area is 204 Å². The molecule has 0 radical (unpaired) electrons. The molecule has 7 nitrogen and oxygen atoms in total. The number of benzene rings is 3. The monoisotopic (exact) mass is 469 g/mol. The number of nitrogens with one attached hydrogen (secondary N) is 1. The van der Waals surface area contributed by atoms with Crippen LogP contribution in [-0.2, 0) is 6.54 Å². The van der Waals surface area contributed by atoms with Crippen LogP contribution in [0.2, 0.25) is 0 Å². The summed E-state index contributed by atoms with van der Waals surface area (Å²) in [4.78, 5) is 15.5. The van der Waals surface area contributed by atoms with Gasteiger partial charge in [0.2, 0.25) is 0 Å². The number of amides is 1. The van der Waals surface area contributed by atoms with E-state index >= 15 is 0 Å². The maximum Gasteiger partial charge on any atom is 0.273 e. The number of rotatable bonds is 7. The molecule has 1 amide bonds. The topological polar surface area (TPSA) is 76.7 Å². The van der Waals surface area contributed by atoms with Gasteiger partial charge in [0.25, 0.3) is 5.91 Å². The van der Waals surface area contributed by atoms with E-state index in [1.54, 1.807) is 21.3 Å². The summed E-state index contributed by atoms with van der Waals surface area (Å²) in [6.07, 6.45) is 0. The second-order valence-corrected chi connectivity index (χ2v) is 8.52. The number of hydrogen-bond acceptors (Lipinski definition) is 5. The fourth-order valence-electron chi connectivity index (χ4n) is 4.59. The Balaban J connectivity index is 1.64. The minimum Gasteiger partial charge on any atom is -0.497 e. The Kier molecular flexibility index (Phi) is 5.91. The summed E-state index contributed by atoms with van der Waals surface area (Å²) >= 11 is 0. The highest BCUT2D eigenvalue weighted by molar-refractivity contribution is 6.00. The van der Waals surface area contributed by atoms with Crippen molar-refractivity contribution in [2.45, 2.75) is 19.5 Å². The minimum absolute atomic E-state index is 0.0902. The van der Waals surface area contributed by atoms with E-state index in [0.717, 1.165) is 33.7 Å². The summed E-state index contributed by atoms with van der Waals surface area (Å²) in [5.41, 5.74) is 6.13. The van der Waals surface area contributed by atoms with Crippen molar-refractivity contribution in [2.75, 3.05) is 21.3 Å². The second-order valence-electron chi connectivity index (χ2n) is 8.52. The Morgan fingerprint density at radius 3 is 2.26 bits per heavy atom. The van der Waals surface area contributed by atoms with Crippen LogP contribution in [0.4, 0.5) is 0 Å². The maximum atomic E-state index is 13.7. The summed E-state index contributed by atoms with van der Waals surface area (Å²) in [6, 6.07) is 21.3. The molecule has 1 aromatic heterocycles. The first-order chi connectivity index (χ1) is 17.0. The highest BCUT2D eigenvalue weighted by atomic mass is 16.5. The number of hydrogen-bond donors (Lipinski definition) is 1. The SMILES string of the molecule is COc1ccc(-c2n[nH]c3c2C(c2ccc(OC)c(OC)c2)N(Cc2ccc(C)cc2)C3=O)cc1. The van der Waals surface area contributed by atoms with Gasteiger partial charge in [0.05, 0.1) is 33.1 Å². The molecule has 1 N–H and O–H groups in total. The molecule has 5 rings (SSSR count). The molecule has 0 aliphatic carbocycles. The van der Waals surface area contributed by atoms with Gasteiger partial charge in [-0.1, -0.05) is 35.9 Å². The van der Waals surface area contributed by atoms with Crippen molar-refractivity contribution >= 4 is 5.91 Å². The van der Waals surface area contributed by atoms with Gasteiger partial charge in [-0.05, 0) is 54.4 Å². The van der Waals surface area contributed by atoms with Gasteiger partial charge in [-0.25, -0.2) is 0 Å². The molecule has 178 valence electrons. The standard InChI is InChI=1S/C28H27N3O4/c1-17-5-7-18(8-6-17)16-31-27(20-11-14-22(34-3)23(15-20)35-4)24-25(29-30-26(24)28(31)32)19-9-12-21(33-2)13-10-19/h5-15,27H,16H2,1-4H3,(H,29,30). The molecule has 3 aromatic carbocycles. The number of aromatic amines is 1. The third-order valence-corrected chi connectivity index (χ3v) is 6.42. The summed E-state index contributed by atoms with van der Waals surface area (Å²) in [7, 11) is 4.85. The predicted octanol–water partition coefficient (Wildman–Crippen LogP) is 5.16. The highest BCUT2D eigenvalue weighted by Gasteiger charge is 2.42. The summed E-state index contributed by atoms with van der Waals surface area (Å²) in [5.74, 6) is 1.91. The zero-order valence-corrected chi connectivity index (χ0v) is 20.2. The van der Waals surface area contributed by atoms with Crippen LogP contribution in [-0.4, -0.2) is 42.3 Å². The number of methoxy groups -OCH3 is 3. The fraction of sp³-hybridized carbons (Fsp3) is 0.214. The van der Waals surface area contributed by atoms with Crippen LogP contribution >= 0.6 is 0 Å². The lowest BCUT2D eigenvalue weighted by atomic mass is 9.95. The van der Waals surface area contributed by atoms with Crippen LogP contribution in [0.3, 0.4) is 0 Å². The smallest absolute Gasteiger partial charge is 0.273 e. The van der Waals surface area contributed by atoms with Gasteiger partial charge in [0.1, 0.15) is 11.4 Å². The molecule has 0 fully saturated rings. The van der Waals surface area contributed by atoms with Gasteiger partial charge >= 0.3 is 0 Å². The van der Waals surface area contributed by atoms with Crippen molar-refractivity contribution < 1.29 is 19.0 Å². The Hall–Kier alpha value is -4.26. The molecule has 1 unspecified atom stereocenters. The fourth-order valence-corrected chi connectivity index (χ4v) is 4.59. The summed E-state index contributed by atoms with van der Waals surface area (Å²) in [5, 5.41) is 7.56. The number of carbonyl (C=O) groups is 1. The molecule has 4 aromatic rings. The molecule has 0 saturated carbocycles. The average molecular weight is 470 g/mol. The summed E-state index contributed by atoms with van der Waals surface area (Å²) < 4.78 is 16.3. The van der Waals surface area contributed by atoms with Crippen molar-refractivity contribution in [3.05, 3.63) is 94.7 Å². The van der Waals surface area contributed by atoms with E-state index in [4.69, 9.17) is 14.2 Å². The van der Waals surface area contributed by atoms with Crippen molar-refractivity contribution in [1.82, 2.24) is 15.1 Å². The molecule has 0 spiro atoms. The first-order valence-corrected chi connectivity index (χ1v) is 11.3. The van der Waals surface area contributed by atoms with Crippen LogP contribution < -0.4 is 14.2 Å². The third kappa shape index (κ3) is 3.99. The molecule has 1 aliphatic heterocycles. The Bertz CT molecular complexity index is 1360. The molecular formula is C28H27N3O4. The lowest BCUT2D eigenvalue weighted by molar-refractivity contribution is 0.0730. The predicted molar refractivity (Wildman–Crippen MR) is 133 cm³/mol. The maximum absolute atomic E-state index is 13.7. The van der Waals surface area contributed by atoms with E-state index in [2.05, 4.69) is 41.4 Å². The first-order valence-electron chi connectivity index (χ1n) is 11.3. The molecule has 1 aliphatic rings. The number of carbonyl (C=O) groups excluding carboxylic acids is 1. The minimum atomic E-state index is -0.352. The van der Waals surface area contributed by atoms with Crippen molar-refractivity contribution in [3.63, 3.8) is 0 Å². The quantitative estimate of drug-likeness (QED) is 0.405. The third-order valence-electron chi connectivity index (χ3n) is 6.42. The van der Waals surface area contributed by atoms with E-state index in [0.29, 0.717) is 23.7 Å². The normalized spacial score (nSPS) is 14.7. The largest absolute Gasteiger partial charge is 0.497 e. The molecule has 35 heavy (non-hydrogen) atoms. The number of ether oxygens (including phenoxy) is 3. The lowest BCUT2D eigenvalue weighted by Gasteiger charge is -2.27. The highest BCUT2D eigenvalue weighted by Crippen LogP contribution is 2.45. The van der Waals surface area contributed by atoms with E-state index < -0.39 is 0 Å². The number of aromatic nitrogens is 2. The summed E-state index contributed by atoms with van der Waals surface area (Å²) in [6.45, 7) is 2.51. The van der Waals surface area contributed by atoms with Gasteiger partial charge in [-0.2, -0.15) is 5.10 Å². The molecule has 1 atom stereocenters. The van der Waals surface area contributed by atoms with E-state index in [1.807, 2.05) is 47.4 Å². The van der Waals surface area contributed by atoms with E-state index in [1.165, 1.54) is 5.56 Å². The van der Waals surface area contributed by atoms with Gasteiger partial charge < -0.3 is 19.1 Å². The molecular weight excluding hydrogens is 442 g/mol. The molecule has 2 heterocycles. The van der Waals surface area contributed by atoms with Crippen molar-refractivity contribution in [2.24, 2.45) is 0 Å². The zero-order valence-electron chi connectivity index (χ0n) is 20.2. The number of fused-ring (bicyclic) bond motifs is 1. The lowest BCUT2D eigenvalue weighted by Crippen LogP contribution is -2.29. The first kappa shape index (κ1) is 22.5. The molecule has 0 bridgehead atoms. The number of nitrogens with zero attached hydrogens (tertiary/aromatic N) is 2. The van der Waals surface area contributed by atoms with E-state index in [-0.39, 0.29) is 11.9 Å². The zero-order chi connectivity index (χ0) is 24.5. The van der Waals surface area contributed by atoms with Crippen LogP contribution in [0.15, 0.2) is 66.7 Å². The second kappa shape index (κ2) is 9.18. The Morgan fingerprint density at radius 1 is 0.886 bits per heavy atom. The number of aryl methyl sites for hydroxylation is 1. The van der Waals surface area contributed by atoms with Crippen molar-refractivity contribution in [3.8, 4) is 28.5 Å².